The second-order valence-corrected chi connectivity index (χ2v) is 6.60. The molecule has 0 aromatic heterocycles. The fraction of sp³-hybridized carbons (Fsp3) is 1.00. The van der Waals surface area contributed by atoms with Crippen LogP contribution in [0.5, 0.6) is 0 Å². The van der Waals surface area contributed by atoms with E-state index in [1.807, 2.05) is 0 Å². The summed E-state index contributed by atoms with van der Waals surface area (Å²) < 4.78 is 0. The fourth-order valence-corrected chi connectivity index (χ4v) is 2.94. The van der Waals surface area contributed by atoms with E-state index in [0.29, 0.717) is 12.0 Å². The average molecular weight is 256 g/mol. The molecule has 0 amide bonds. The molecule has 0 aromatic rings. The van der Waals surface area contributed by atoms with E-state index < -0.39 is 0 Å². The molecule has 0 spiro atoms. The number of nitrogens with one attached hydrogen (secondary N) is 1. The summed E-state index contributed by atoms with van der Waals surface area (Å²) in [6.07, 6.45) is 3.74. The lowest BCUT2D eigenvalue weighted by atomic mass is 9.92. The minimum absolute atomic E-state index is 0.0869. The average Bonchev–Trinajstić information content (AvgIpc) is 3.11. The van der Waals surface area contributed by atoms with Crippen molar-refractivity contribution in [2.75, 3.05) is 26.7 Å². The quantitative estimate of drug-likeness (QED) is 0.663. The Labute approximate surface area is 113 Å². The van der Waals surface area contributed by atoms with Crippen molar-refractivity contribution in [3.8, 4) is 0 Å². The monoisotopic (exact) mass is 256 g/mol. The molecular weight excluding hydrogens is 224 g/mol. The Hall–Kier alpha value is -0.120. The van der Waals surface area contributed by atoms with Crippen molar-refractivity contribution in [2.24, 2.45) is 11.8 Å². The number of nitrogens with zero attached hydrogens (tertiary/aromatic N) is 1. The number of hydrogen-bond acceptors (Lipinski definition) is 3. The van der Waals surface area contributed by atoms with E-state index in [-0.39, 0.29) is 12.1 Å². The van der Waals surface area contributed by atoms with E-state index in [9.17, 15) is 5.11 Å². The highest BCUT2D eigenvalue weighted by molar-refractivity contribution is 5.03. The molecule has 0 saturated heterocycles. The minimum atomic E-state index is -0.0869. The van der Waals surface area contributed by atoms with Gasteiger partial charge in [-0.05, 0) is 31.7 Å². The first-order valence-electron chi connectivity index (χ1n) is 7.50. The molecule has 2 atom stereocenters. The van der Waals surface area contributed by atoms with Crippen LogP contribution in [0.3, 0.4) is 0 Å². The summed E-state index contributed by atoms with van der Waals surface area (Å²) in [5.41, 5.74) is -0.0869. The van der Waals surface area contributed by atoms with Crippen molar-refractivity contribution in [1.82, 2.24) is 10.2 Å². The summed E-state index contributed by atoms with van der Waals surface area (Å²) in [6.45, 7) is 11.2. The molecule has 0 bridgehead atoms. The molecule has 1 saturated carbocycles. The Morgan fingerprint density at radius 2 is 1.94 bits per heavy atom. The van der Waals surface area contributed by atoms with Gasteiger partial charge >= 0.3 is 0 Å². The highest BCUT2D eigenvalue weighted by Gasteiger charge is 2.45. The molecule has 1 fully saturated rings. The van der Waals surface area contributed by atoms with Crippen LogP contribution < -0.4 is 5.32 Å². The molecule has 108 valence electrons. The smallest absolute Gasteiger partial charge is 0.0628 e. The first kappa shape index (κ1) is 15.9. The summed E-state index contributed by atoms with van der Waals surface area (Å²) in [7, 11) is 2.18. The maximum Gasteiger partial charge on any atom is 0.0628 e. The van der Waals surface area contributed by atoms with Gasteiger partial charge in [-0.1, -0.05) is 34.1 Å². The van der Waals surface area contributed by atoms with Gasteiger partial charge in [-0.25, -0.2) is 0 Å². The Balaban J connectivity index is 2.59. The number of likely N-dealkylation sites (N-methyl/N-ethyl adjacent to an activating group) is 1. The van der Waals surface area contributed by atoms with E-state index >= 15 is 0 Å². The summed E-state index contributed by atoms with van der Waals surface area (Å²) in [4.78, 5) is 2.39. The predicted octanol–water partition coefficient (Wildman–Crippen LogP) is 2.10. The number of rotatable bonds is 9. The van der Waals surface area contributed by atoms with Gasteiger partial charge in [0.05, 0.1) is 12.1 Å². The molecule has 18 heavy (non-hydrogen) atoms. The predicted molar refractivity (Wildman–Crippen MR) is 77.8 cm³/mol. The Morgan fingerprint density at radius 3 is 2.33 bits per heavy atom. The first-order chi connectivity index (χ1) is 8.43. The molecule has 1 rings (SSSR count). The molecule has 1 aliphatic rings. The third-order valence-corrected chi connectivity index (χ3v) is 4.09. The fourth-order valence-electron chi connectivity index (χ4n) is 2.94. The third-order valence-electron chi connectivity index (χ3n) is 4.09. The summed E-state index contributed by atoms with van der Waals surface area (Å²) >= 11 is 0. The molecule has 0 heterocycles. The van der Waals surface area contributed by atoms with E-state index in [4.69, 9.17) is 0 Å². The highest BCUT2D eigenvalue weighted by atomic mass is 16.3. The van der Waals surface area contributed by atoms with Crippen molar-refractivity contribution in [3.63, 3.8) is 0 Å². The van der Waals surface area contributed by atoms with Gasteiger partial charge < -0.3 is 15.3 Å². The van der Waals surface area contributed by atoms with Crippen LogP contribution in [0.1, 0.15) is 47.0 Å². The van der Waals surface area contributed by atoms with Crippen LogP contribution in [-0.4, -0.2) is 48.3 Å². The summed E-state index contributed by atoms with van der Waals surface area (Å²) in [5.74, 6) is 1.38. The zero-order valence-corrected chi connectivity index (χ0v) is 12.9. The molecule has 1 aliphatic carbocycles. The zero-order chi connectivity index (χ0) is 13.8. The van der Waals surface area contributed by atoms with E-state index in [1.54, 1.807) is 0 Å². The van der Waals surface area contributed by atoms with Gasteiger partial charge in [-0.2, -0.15) is 0 Å². The Kier molecular flexibility index (Phi) is 6.09. The number of hydrogen-bond donors (Lipinski definition) is 2. The van der Waals surface area contributed by atoms with Crippen LogP contribution in [0.15, 0.2) is 0 Å². The van der Waals surface area contributed by atoms with E-state index in [0.717, 1.165) is 19.0 Å². The van der Waals surface area contributed by atoms with Gasteiger partial charge in [0, 0.05) is 19.1 Å². The summed E-state index contributed by atoms with van der Waals surface area (Å²) in [5, 5.41) is 13.5. The first-order valence-corrected chi connectivity index (χ1v) is 7.50. The zero-order valence-electron chi connectivity index (χ0n) is 12.9. The number of aliphatic hydroxyl groups is 1. The van der Waals surface area contributed by atoms with Crippen molar-refractivity contribution in [2.45, 2.75) is 58.5 Å². The molecule has 0 aromatic carbocycles. The van der Waals surface area contributed by atoms with Crippen molar-refractivity contribution >= 4 is 0 Å². The molecule has 0 aliphatic heterocycles. The second kappa shape index (κ2) is 6.88. The molecule has 0 radical (unpaired) electrons. The summed E-state index contributed by atoms with van der Waals surface area (Å²) in [6, 6.07) is 0.426. The molecule has 3 heteroatoms. The Morgan fingerprint density at radius 1 is 1.33 bits per heavy atom. The van der Waals surface area contributed by atoms with Crippen LogP contribution in [0.4, 0.5) is 0 Å². The van der Waals surface area contributed by atoms with Gasteiger partial charge in [-0.3, -0.25) is 0 Å². The van der Waals surface area contributed by atoms with Crippen molar-refractivity contribution in [1.29, 1.82) is 0 Å². The SMILES string of the molecule is CCC(C)CN(C)CC(CO)(NC(C)C)C1CC1. The molecule has 2 unspecified atom stereocenters. The topological polar surface area (TPSA) is 35.5 Å². The number of aliphatic hydroxyl groups excluding tert-OH is 1. The lowest BCUT2D eigenvalue weighted by molar-refractivity contribution is 0.0882. The van der Waals surface area contributed by atoms with Crippen LogP contribution in [0.25, 0.3) is 0 Å². The molecular formula is C15H32N2O. The van der Waals surface area contributed by atoms with E-state index in [1.165, 1.54) is 19.3 Å². The van der Waals surface area contributed by atoms with Gasteiger partial charge in [-0.15, -0.1) is 0 Å². The van der Waals surface area contributed by atoms with Gasteiger partial charge in [0.25, 0.3) is 0 Å². The lowest BCUT2D eigenvalue weighted by Crippen LogP contribution is -2.59. The van der Waals surface area contributed by atoms with E-state index in [2.05, 4.69) is 45.0 Å². The standard InChI is InChI=1S/C15H32N2O/c1-6-13(4)9-17(5)10-15(11-18,14-7-8-14)16-12(2)3/h12-14,16,18H,6-11H2,1-5H3. The minimum Gasteiger partial charge on any atom is -0.394 e. The van der Waals surface area contributed by atoms with Crippen LogP contribution in [0.2, 0.25) is 0 Å². The van der Waals surface area contributed by atoms with Crippen molar-refractivity contribution < 1.29 is 5.11 Å². The van der Waals surface area contributed by atoms with Crippen LogP contribution in [0, 0.1) is 11.8 Å². The normalized spacial score (nSPS) is 21.3. The molecule has 3 nitrogen and oxygen atoms in total. The van der Waals surface area contributed by atoms with Crippen molar-refractivity contribution in [3.05, 3.63) is 0 Å². The van der Waals surface area contributed by atoms with Gasteiger partial charge in [0.2, 0.25) is 0 Å². The van der Waals surface area contributed by atoms with Crippen LogP contribution in [-0.2, 0) is 0 Å². The Bertz CT molecular complexity index is 241. The largest absolute Gasteiger partial charge is 0.394 e. The van der Waals surface area contributed by atoms with Crippen LogP contribution >= 0.6 is 0 Å². The maximum absolute atomic E-state index is 9.89. The van der Waals surface area contributed by atoms with Gasteiger partial charge in [0.1, 0.15) is 0 Å². The lowest BCUT2D eigenvalue weighted by Gasteiger charge is -2.39. The highest BCUT2D eigenvalue weighted by Crippen LogP contribution is 2.40. The third kappa shape index (κ3) is 4.52. The van der Waals surface area contributed by atoms with Gasteiger partial charge in [0.15, 0.2) is 0 Å². The molecule has 2 N–H and O–H groups in total. The second-order valence-electron chi connectivity index (χ2n) is 6.60. The maximum atomic E-state index is 9.89.